The average molecular weight is 227 g/mol. The Bertz CT molecular complexity index is 175. The molecular formula is C14H29NO. The summed E-state index contributed by atoms with van der Waals surface area (Å²) in [5, 5.41) is 3.80. The van der Waals surface area contributed by atoms with Crippen LogP contribution in [0, 0.1) is 11.8 Å². The van der Waals surface area contributed by atoms with Crippen molar-refractivity contribution in [1.29, 1.82) is 0 Å². The van der Waals surface area contributed by atoms with Gasteiger partial charge in [0.05, 0.1) is 6.10 Å². The second-order valence-corrected chi connectivity index (χ2v) is 6.15. The normalized spacial score (nSPS) is 25.5. The van der Waals surface area contributed by atoms with Crippen molar-refractivity contribution in [2.24, 2.45) is 11.8 Å². The number of hydrogen-bond acceptors (Lipinski definition) is 2. The van der Waals surface area contributed by atoms with Crippen LogP contribution in [0.4, 0.5) is 0 Å². The molecule has 0 unspecified atom stereocenters. The van der Waals surface area contributed by atoms with Crippen molar-refractivity contribution >= 4 is 0 Å². The lowest BCUT2D eigenvalue weighted by atomic mass is 9.86. The third-order valence-electron chi connectivity index (χ3n) is 3.41. The first kappa shape index (κ1) is 14.0. The maximum Gasteiger partial charge on any atom is 0.0601 e. The summed E-state index contributed by atoms with van der Waals surface area (Å²) in [6.45, 7) is 9.25. The second kappa shape index (κ2) is 6.61. The highest BCUT2D eigenvalue weighted by Crippen LogP contribution is 2.25. The smallest absolute Gasteiger partial charge is 0.0601 e. The molecule has 1 rings (SSSR count). The summed E-state index contributed by atoms with van der Waals surface area (Å²) in [6.07, 6.45) is 5.50. The molecule has 0 aromatic carbocycles. The van der Waals surface area contributed by atoms with E-state index in [9.17, 15) is 0 Å². The van der Waals surface area contributed by atoms with Gasteiger partial charge in [0, 0.05) is 19.2 Å². The van der Waals surface area contributed by atoms with Crippen LogP contribution >= 0.6 is 0 Å². The summed E-state index contributed by atoms with van der Waals surface area (Å²) < 4.78 is 5.32. The monoisotopic (exact) mass is 227 g/mol. The van der Waals surface area contributed by atoms with Gasteiger partial charge in [-0.25, -0.2) is 0 Å². The van der Waals surface area contributed by atoms with E-state index in [0.717, 1.165) is 11.8 Å². The second-order valence-electron chi connectivity index (χ2n) is 6.15. The van der Waals surface area contributed by atoms with Crippen LogP contribution in [0.5, 0.6) is 0 Å². The van der Waals surface area contributed by atoms with Crippen molar-refractivity contribution in [3.8, 4) is 0 Å². The van der Waals surface area contributed by atoms with Crippen molar-refractivity contribution in [2.45, 2.75) is 71.6 Å². The standard InChI is InChI=1S/C14H29NO/c1-10(2)6-12(7-11(3)4)15-13-8-14(9-13)16-5/h10-15H,6-9H2,1-5H3. The van der Waals surface area contributed by atoms with Crippen molar-refractivity contribution < 1.29 is 4.74 Å². The molecule has 16 heavy (non-hydrogen) atoms. The molecule has 0 spiro atoms. The zero-order valence-corrected chi connectivity index (χ0v) is 11.6. The fourth-order valence-electron chi connectivity index (χ4n) is 2.60. The lowest BCUT2D eigenvalue weighted by molar-refractivity contribution is 0.0127. The van der Waals surface area contributed by atoms with Crippen molar-refractivity contribution in [2.75, 3.05) is 7.11 Å². The van der Waals surface area contributed by atoms with Gasteiger partial charge in [-0.3, -0.25) is 0 Å². The largest absolute Gasteiger partial charge is 0.381 e. The van der Waals surface area contributed by atoms with Crippen LogP contribution in [0.15, 0.2) is 0 Å². The Hall–Kier alpha value is -0.0800. The van der Waals surface area contributed by atoms with Gasteiger partial charge in [-0.1, -0.05) is 27.7 Å². The molecule has 0 amide bonds. The first-order chi connectivity index (χ1) is 7.51. The Labute approximate surface area is 101 Å². The van der Waals surface area contributed by atoms with Gasteiger partial charge in [0.1, 0.15) is 0 Å². The Kier molecular flexibility index (Phi) is 5.77. The van der Waals surface area contributed by atoms with E-state index in [-0.39, 0.29) is 0 Å². The molecule has 1 aliphatic rings. The third-order valence-corrected chi connectivity index (χ3v) is 3.41. The molecule has 1 fully saturated rings. The summed E-state index contributed by atoms with van der Waals surface area (Å²) in [5.41, 5.74) is 0. The predicted octanol–water partition coefficient (Wildman–Crippen LogP) is 3.21. The number of ether oxygens (including phenoxy) is 1. The van der Waals surface area contributed by atoms with E-state index in [2.05, 4.69) is 33.0 Å². The lowest BCUT2D eigenvalue weighted by Gasteiger charge is -2.38. The highest BCUT2D eigenvalue weighted by atomic mass is 16.5. The van der Waals surface area contributed by atoms with E-state index in [1.54, 1.807) is 0 Å². The highest BCUT2D eigenvalue weighted by molar-refractivity contribution is 4.88. The first-order valence-electron chi connectivity index (χ1n) is 6.80. The molecule has 2 nitrogen and oxygen atoms in total. The van der Waals surface area contributed by atoms with Crippen LogP contribution in [0.3, 0.4) is 0 Å². The predicted molar refractivity (Wildman–Crippen MR) is 69.7 cm³/mol. The van der Waals surface area contributed by atoms with Gasteiger partial charge in [-0.05, 0) is 37.5 Å². The minimum absolute atomic E-state index is 0.510. The van der Waals surface area contributed by atoms with E-state index in [1.807, 2.05) is 7.11 Å². The maximum absolute atomic E-state index is 5.32. The SMILES string of the molecule is COC1CC(NC(CC(C)C)CC(C)C)C1. The molecule has 0 heterocycles. The van der Waals surface area contributed by atoms with Gasteiger partial charge < -0.3 is 10.1 Å². The minimum Gasteiger partial charge on any atom is -0.381 e. The molecule has 0 aliphatic heterocycles. The van der Waals surface area contributed by atoms with E-state index in [0.29, 0.717) is 18.2 Å². The van der Waals surface area contributed by atoms with Gasteiger partial charge >= 0.3 is 0 Å². The summed E-state index contributed by atoms with van der Waals surface area (Å²) in [7, 11) is 1.82. The lowest BCUT2D eigenvalue weighted by Crippen LogP contribution is -2.49. The number of nitrogens with one attached hydrogen (secondary N) is 1. The average Bonchev–Trinajstić information content (AvgIpc) is 2.07. The molecular weight excluding hydrogens is 198 g/mol. The van der Waals surface area contributed by atoms with E-state index in [4.69, 9.17) is 4.74 Å². The zero-order valence-electron chi connectivity index (χ0n) is 11.6. The highest BCUT2D eigenvalue weighted by Gasteiger charge is 2.30. The fraction of sp³-hybridized carbons (Fsp3) is 1.00. The summed E-state index contributed by atoms with van der Waals surface area (Å²) in [6, 6.07) is 1.40. The third kappa shape index (κ3) is 4.84. The van der Waals surface area contributed by atoms with Crippen LogP contribution in [0.2, 0.25) is 0 Å². The fourth-order valence-corrected chi connectivity index (χ4v) is 2.60. The van der Waals surface area contributed by atoms with Crippen LogP contribution in [-0.4, -0.2) is 25.3 Å². The van der Waals surface area contributed by atoms with Crippen LogP contribution in [0.1, 0.15) is 53.4 Å². The summed E-state index contributed by atoms with van der Waals surface area (Å²) >= 11 is 0. The molecule has 0 radical (unpaired) electrons. The van der Waals surface area contributed by atoms with Crippen LogP contribution in [-0.2, 0) is 4.74 Å². The molecule has 0 bridgehead atoms. The number of methoxy groups -OCH3 is 1. The van der Waals surface area contributed by atoms with Crippen LogP contribution < -0.4 is 5.32 Å². The molecule has 1 aliphatic carbocycles. The van der Waals surface area contributed by atoms with Gasteiger partial charge in [0.15, 0.2) is 0 Å². The Morgan fingerprint density at radius 3 is 1.94 bits per heavy atom. The van der Waals surface area contributed by atoms with Crippen molar-refractivity contribution in [3.63, 3.8) is 0 Å². The summed E-state index contributed by atoms with van der Waals surface area (Å²) in [4.78, 5) is 0. The van der Waals surface area contributed by atoms with Crippen LogP contribution in [0.25, 0.3) is 0 Å². The Balaban J connectivity index is 2.27. The topological polar surface area (TPSA) is 21.3 Å². The van der Waals surface area contributed by atoms with Crippen molar-refractivity contribution in [3.05, 3.63) is 0 Å². The maximum atomic E-state index is 5.32. The Morgan fingerprint density at radius 1 is 1.06 bits per heavy atom. The van der Waals surface area contributed by atoms with E-state index in [1.165, 1.54) is 25.7 Å². The molecule has 2 heteroatoms. The van der Waals surface area contributed by atoms with Crippen molar-refractivity contribution in [1.82, 2.24) is 5.32 Å². The molecule has 0 aromatic rings. The molecule has 0 aromatic heterocycles. The molecule has 0 atom stereocenters. The zero-order chi connectivity index (χ0) is 12.1. The first-order valence-corrected chi connectivity index (χ1v) is 6.80. The van der Waals surface area contributed by atoms with E-state index < -0.39 is 0 Å². The molecule has 1 N–H and O–H groups in total. The van der Waals surface area contributed by atoms with Gasteiger partial charge in [-0.15, -0.1) is 0 Å². The minimum atomic E-state index is 0.510. The van der Waals surface area contributed by atoms with Gasteiger partial charge in [0.2, 0.25) is 0 Å². The van der Waals surface area contributed by atoms with Gasteiger partial charge in [-0.2, -0.15) is 0 Å². The molecule has 1 saturated carbocycles. The quantitative estimate of drug-likeness (QED) is 0.721. The molecule has 0 saturated heterocycles. The summed E-state index contributed by atoms with van der Waals surface area (Å²) in [5.74, 6) is 1.57. The van der Waals surface area contributed by atoms with E-state index >= 15 is 0 Å². The molecule has 96 valence electrons. The number of rotatable bonds is 7. The van der Waals surface area contributed by atoms with Gasteiger partial charge in [0.25, 0.3) is 0 Å². The number of hydrogen-bond donors (Lipinski definition) is 1. The Morgan fingerprint density at radius 2 is 1.56 bits per heavy atom.